The first kappa shape index (κ1) is 8.68. The Morgan fingerprint density at radius 2 is 2.43 bits per heavy atom. The van der Waals surface area contributed by atoms with Gasteiger partial charge in [0.05, 0.1) is 18.5 Å². The van der Waals surface area contributed by atoms with Crippen LogP contribution in [-0.4, -0.2) is 27.2 Å². The number of ether oxygens (including phenoxy) is 1. The maximum atomic E-state index is 11.3. The lowest BCUT2D eigenvalue weighted by atomic mass is 10.3. The first-order valence-electron chi connectivity index (χ1n) is 4.26. The normalized spacial score (nSPS) is 10.4. The van der Waals surface area contributed by atoms with E-state index in [0.29, 0.717) is 6.61 Å². The summed E-state index contributed by atoms with van der Waals surface area (Å²) in [4.78, 5) is 19.3. The van der Waals surface area contributed by atoms with Gasteiger partial charge in [-0.15, -0.1) is 0 Å². The minimum Gasteiger partial charge on any atom is -0.449 e. The van der Waals surface area contributed by atoms with Crippen LogP contribution >= 0.6 is 0 Å². The van der Waals surface area contributed by atoms with Crippen molar-refractivity contribution in [2.24, 2.45) is 0 Å². The van der Waals surface area contributed by atoms with Crippen molar-refractivity contribution >= 4 is 6.09 Å². The fourth-order valence-corrected chi connectivity index (χ4v) is 1.14. The first-order valence-corrected chi connectivity index (χ1v) is 4.26. The molecule has 0 saturated heterocycles. The quantitative estimate of drug-likeness (QED) is 0.683. The summed E-state index contributed by atoms with van der Waals surface area (Å²) in [7, 11) is 0. The molecule has 0 unspecified atom stereocenters. The van der Waals surface area contributed by atoms with Gasteiger partial charge in [0.1, 0.15) is 6.33 Å². The van der Waals surface area contributed by atoms with Gasteiger partial charge in [-0.1, -0.05) is 0 Å². The monoisotopic (exact) mass is 191 g/mol. The highest BCUT2D eigenvalue weighted by molar-refractivity contribution is 5.72. The Balaban J connectivity index is 2.35. The van der Waals surface area contributed by atoms with Crippen LogP contribution in [0, 0.1) is 0 Å². The summed E-state index contributed by atoms with van der Waals surface area (Å²) in [5, 5.41) is 0. The number of nitrogens with zero attached hydrogens (tertiary/aromatic N) is 3. The van der Waals surface area contributed by atoms with Gasteiger partial charge in [0.2, 0.25) is 0 Å². The number of fused-ring (bicyclic) bond motifs is 1. The number of rotatable bonds is 1. The fourth-order valence-electron chi connectivity index (χ4n) is 1.14. The van der Waals surface area contributed by atoms with Crippen molar-refractivity contribution in [3.05, 3.63) is 24.9 Å². The van der Waals surface area contributed by atoms with E-state index in [4.69, 9.17) is 4.74 Å². The molecule has 5 nitrogen and oxygen atoms in total. The van der Waals surface area contributed by atoms with Crippen LogP contribution in [0.2, 0.25) is 0 Å². The van der Waals surface area contributed by atoms with E-state index in [1.807, 2.05) is 0 Å². The molecular weight excluding hydrogens is 182 g/mol. The van der Waals surface area contributed by atoms with Crippen molar-refractivity contribution < 1.29 is 9.53 Å². The molecule has 72 valence electrons. The summed E-state index contributed by atoms with van der Waals surface area (Å²) >= 11 is 0. The van der Waals surface area contributed by atoms with Gasteiger partial charge in [0.25, 0.3) is 0 Å². The summed E-state index contributed by atoms with van der Waals surface area (Å²) in [6.07, 6.45) is 5.93. The molecule has 2 aliphatic heterocycles. The smallest absolute Gasteiger partial charge is 0.419 e. The van der Waals surface area contributed by atoms with Gasteiger partial charge in [0.15, 0.2) is 0 Å². The number of aromatic nitrogens is 3. The second-order valence-electron chi connectivity index (χ2n) is 2.73. The maximum absolute atomic E-state index is 11.3. The van der Waals surface area contributed by atoms with Crippen LogP contribution in [0.15, 0.2) is 24.9 Å². The highest BCUT2D eigenvalue weighted by Gasteiger charge is 2.08. The van der Waals surface area contributed by atoms with Gasteiger partial charge < -0.3 is 4.74 Å². The molecule has 5 heteroatoms. The van der Waals surface area contributed by atoms with Crippen molar-refractivity contribution in [2.75, 3.05) is 6.61 Å². The van der Waals surface area contributed by atoms with Gasteiger partial charge in [-0.2, -0.15) is 0 Å². The van der Waals surface area contributed by atoms with Crippen molar-refractivity contribution in [1.82, 2.24) is 14.5 Å². The number of carbonyl (C=O) groups excluding carboxylic acids is 1. The summed E-state index contributed by atoms with van der Waals surface area (Å²) in [6.45, 7) is 2.11. The van der Waals surface area contributed by atoms with Crippen LogP contribution in [0.4, 0.5) is 4.79 Å². The molecule has 2 rings (SSSR count). The minimum atomic E-state index is -0.428. The third-order valence-corrected chi connectivity index (χ3v) is 1.78. The van der Waals surface area contributed by atoms with Gasteiger partial charge >= 0.3 is 6.09 Å². The molecule has 0 bridgehead atoms. The van der Waals surface area contributed by atoms with Crippen LogP contribution in [0.5, 0.6) is 0 Å². The fraction of sp³-hybridized carbons (Fsp3) is 0.222. The van der Waals surface area contributed by atoms with E-state index in [1.54, 1.807) is 25.5 Å². The first-order chi connectivity index (χ1) is 6.81. The molecule has 2 heterocycles. The van der Waals surface area contributed by atoms with Gasteiger partial charge in [0, 0.05) is 18.0 Å². The molecule has 0 fully saturated rings. The molecule has 14 heavy (non-hydrogen) atoms. The number of carbonyl (C=O) groups is 1. The van der Waals surface area contributed by atoms with Crippen LogP contribution in [0.1, 0.15) is 6.92 Å². The van der Waals surface area contributed by atoms with Crippen LogP contribution in [0.25, 0.3) is 11.3 Å². The summed E-state index contributed by atoms with van der Waals surface area (Å²) in [6, 6.07) is 0. The zero-order chi connectivity index (χ0) is 9.97. The number of hydrogen-bond donors (Lipinski definition) is 0. The summed E-state index contributed by atoms with van der Waals surface area (Å²) in [5.74, 6) is 0. The van der Waals surface area contributed by atoms with Gasteiger partial charge in [-0.25, -0.2) is 14.3 Å². The van der Waals surface area contributed by atoms with Crippen LogP contribution in [0.3, 0.4) is 0 Å². The van der Waals surface area contributed by atoms with Crippen molar-refractivity contribution in [3.8, 4) is 11.3 Å². The largest absolute Gasteiger partial charge is 0.449 e. The topological polar surface area (TPSA) is 57.0 Å². The van der Waals surface area contributed by atoms with E-state index in [0.717, 1.165) is 11.3 Å². The summed E-state index contributed by atoms with van der Waals surface area (Å²) in [5.41, 5.74) is 1.59. The van der Waals surface area contributed by atoms with Crippen molar-refractivity contribution in [1.29, 1.82) is 0 Å². The molecule has 0 amide bonds. The maximum Gasteiger partial charge on any atom is 0.419 e. The van der Waals surface area contributed by atoms with Gasteiger partial charge in [-0.3, -0.25) is 4.98 Å². The Morgan fingerprint density at radius 3 is 3.21 bits per heavy atom. The van der Waals surface area contributed by atoms with Crippen molar-refractivity contribution in [3.63, 3.8) is 0 Å². The predicted molar refractivity (Wildman–Crippen MR) is 49.1 cm³/mol. The Labute approximate surface area is 80.7 Å². The SMILES string of the molecule is CCOC(=O)n1cnc2cncc-2c1. The molecule has 0 saturated carbocycles. The lowest BCUT2D eigenvalue weighted by Crippen LogP contribution is -2.14. The minimum absolute atomic E-state index is 0.350. The van der Waals surface area contributed by atoms with E-state index in [9.17, 15) is 4.79 Å². The van der Waals surface area contributed by atoms with Crippen LogP contribution in [-0.2, 0) is 4.74 Å². The molecule has 0 atom stereocenters. The van der Waals surface area contributed by atoms with E-state index < -0.39 is 6.09 Å². The molecular formula is C9H9N3O2. The molecule has 2 aliphatic rings. The van der Waals surface area contributed by atoms with E-state index in [-0.39, 0.29) is 0 Å². The second-order valence-corrected chi connectivity index (χ2v) is 2.73. The Bertz CT molecular complexity index is 424. The van der Waals surface area contributed by atoms with E-state index in [2.05, 4.69) is 9.97 Å². The van der Waals surface area contributed by atoms with E-state index in [1.165, 1.54) is 10.9 Å². The van der Waals surface area contributed by atoms with Crippen LogP contribution < -0.4 is 0 Å². The Kier molecular flexibility index (Phi) is 2.14. The Morgan fingerprint density at radius 1 is 1.57 bits per heavy atom. The standard InChI is InChI=1S/C9H9N3O2/c1-2-14-9(13)12-5-7-3-10-4-8(7)11-6-12/h3-6H,2H2,1H3. The lowest BCUT2D eigenvalue weighted by molar-refractivity contribution is 0.153. The third kappa shape index (κ3) is 1.44. The highest BCUT2D eigenvalue weighted by Crippen LogP contribution is 2.16. The third-order valence-electron chi connectivity index (χ3n) is 1.78. The van der Waals surface area contributed by atoms with Gasteiger partial charge in [-0.05, 0) is 6.92 Å². The summed E-state index contributed by atoms with van der Waals surface area (Å²) < 4.78 is 6.12. The predicted octanol–water partition coefficient (Wildman–Crippen LogP) is 1.39. The molecule has 0 spiro atoms. The second kappa shape index (κ2) is 3.45. The molecule has 0 aromatic heterocycles. The van der Waals surface area contributed by atoms with Crippen molar-refractivity contribution in [2.45, 2.75) is 6.92 Å². The van der Waals surface area contributed by atoms with E-state index >= 15 is 0 Å². The Hall–Kier alpha value is -1.91. The number of hydrogen-bond acceptors (Lipinski definition) is 4. The molecule has 0 aromatic carbocycles. The average Bonchev–Trinajstić information content (AvgIpc) is 2.64. The molecule has 0 N–H and O–H groups in total. The average molecular weight is 191 g/mol. The zero-order valence-corrected chi connectivity index (χ0v) is 7.67. The lowest BCUT2D eigenvalue weighted by Gasteiger charge is -2.05. The molecule has 0 radical (unpaired) electrons. The zero-order valence-electron chi connectivity index (χ0n) is 7.67. The highest BCUT2D eigenvalue weighted by atomic mass is 16.5. The molecule has 0 aromatic rings. The molecule has 0 aliphatic carbocycles.